The maximum Gasteiger partial charge on any atom is 0.319 e. The maximum absolute atomic E-state index is 12.4. The first-order valence-corrected chi connectivity index (χ1v) is 8.94. The molecule has 2 atom stereocenters. The van der Waals surface area contributed by atoms with Crippen molar-refractivity contribution in [2.24, 2.45) is 0 Å². The molecule has 1 aliphatic carbocycles. The molecule has 138 valence electrons. The van der Waals surface area contributed by atoms with Crippen LogP contribution in [0.25, 0.3) is 17.2 Å². The minimum absolute atomic E-state index is 0.446. The summed E-state index contributed by atoms with van der Waals surface area (Å²) in [4.78, 5) is 24.8. The molecule has 2 unspecified atom stereocenters. The molecular formula is C24H18O4. The largest absolute Gasteiger partial charge is 0.481 e. The normalized spacial score (nSPS) is 20.4. The predicted octanol–water partition coefficient (Wildman–Crippen LogP) is 4.57. The Balaban J connectivity index is 1.96. The van der Waals surface area contributed by atoms with E-state index in [9.17, 15) is 19.8 Å². The third-order valence-electron chi connectivity index (χ3n) is 5.34. The number of carbonyl (C=O) groups is 2. The van der Waals surface area contributed by atoms with Gasteiger partial charge < -0.3 is 10.2 Å². The first-order valence-electron chi connectivity index (χ1n) is 8.94. The third-order valence-corrected chi connectivity index (χ3v) is 5.34. The van der Waals surface area contributed by atoms with Crippen molar-refractivity contribution in [2.45, 2.75) is 11.3 Å². The number of hydrogen-bond acceptors (Lipinski definition) is 2. The molecule has 4 rings (SSSR count). The Kier molecular flexibility index (Phi) is 4.32. The Morgan fingerprint density at radius 2 is 1.43 bits per heavy atom. The van der Waals surface area contributed by atoms with Gasteiger partial charge in [-0.05, 0) is 33.9 Å². The molecule has 0 aliphatic heterocycles. The van der Waals surface area contributed by atoms with Gasteiger partial charge in [0.05, 0.1) is 0 Å². The van der Waals surface area contributed by atoms with Gasteiger partial charge in [-0.3, -0.25) is 9.59 Å². The standard InChI is InChI=1S/C24H18O4/c25-22(26)21-20-15-18(16-7-3-1-4-8-16)12-11-17(20)13-14-24(21,23(27)28)19-9-5-2-6-10-19/h1-15,21H,(H,25,26)(H,27,28). The van der Waals surface area contributed by atoms with Gasteiger partial charge in [0.25, 0.3) is 0 Å². The van der Waals surface area contributed by atoms with Crippen LogP contribution in [-0.4, -0.2) is 22.2 Å². The molecule has 2 N–H and O–H groups in total. The Bertz CT molecular complexity index is 1070. The summed E-state index contributed by atoms with van der Waals surface area (Å²) in [6, 6.07) is 23.8. The second-order valence-corrected chi connectivity index (χ2v) is 6.85. The summed E-state index contributed by atoms with van der Waals surface area (Å²) < 4.78 is 0. The van der Waals surface area contributed by atoms with Crippen LogP contribution in [0.2, 0.25) is 0 Å². The van der Waals surface area contributed by atoms with Crippen LogP contribution in [0.1, 0.15) is 22.6 Å². The van der Waals surface area contributed by atoms with Crippen molar-refractivity contribution in [3.8, 4) is 11.1 Å². The molecule has 0 radical (unpaired) electrons. The summed E-state index contributed by atoms with van der Waals surface area (Å²) in [6.45, 7) is 0. The summed E-state index contributed by atoms with van der Waals surface area (Å²) >= 11 is 0. The van der Waals surface area contributed by atoms with E-state index in [1.54, 1.807) is 42.5 Å². The van der Waals surface area contributed by atoms with E-state index < -0.39 is 23.3 Å². The number of carboxylic acid groups (broad SMARTS) is 2. The van der Waals surface area contributed by atoms with Crippen LogP contribution in [-0.2, 0) is 15.0 Å². The van der Waals surface area contributed by atoms with Gasteiger partial charge in [-0.25, -0.2) is 0 Å². The highest BCUT2D eigenvalue weighted by molar-refractivity contribution is 5.97. The molecule has 0 amide bonds. The van der Waals surface area contributed by atoms with Gasteiger partial charge in [0.2, 0.25) is 0 Å². The first-order chi connectivity index (χ1) is 13.5. The predicted molar refractivity (Wildman–Crippen MR) is 107 cm³/mol. The highest BCUT2D eigenvalue weighted by Crippen LogP contribution is 2.47. The molecule has 1 aliphatic rings. The molecule has 0 saturated carbocycles. The average molecular weight is 370 g/mol. The first kappa shape index (κ1) is 17.7. The van der Waals surface area contributed by atoms with E-state index in [4.69, 9.17) is 0 Å². The van der Waals surface area contributed by atoms with Crippen LogP contribution in [0.15, 0.2) is 84.9 Å². The van der Waals surface area contributed by atoms with Gasteiger partial charge >= 0.3 is 11.9 Å². The topological polar surface area (TPSA) is 74.6 Å². The second-order valence-electron chi connectivity index (χ2n) is 6.85. The summed E-state index contributed by atoms with van der Waals surface area (Å²) in [7, 11) is 0. The monoisotopic (exact) mass is 370 g/mol. The lowest BCUT2D eigenvalue weighted by molar-refractivity contribution is -0.150. The molecule has 0 heterocycles. The molecule has 3 aromatic rings. The van der Waals surface area contributed by atoms with Crippen molar-refractivity contribution in [2.75, 3.05) is 0 Å². The molecule has 4 heteroatoms. The van der Waals surface area contributed by atoms with Crippen LogP contribution in [0.4, 0.5) is 0 Å². The molecule has 0 saturated heterocycles. The lowest BCUT2D eigenvalue weighted by Gasteiger charge is -2.36. The van der Waals surface area contributed by atoms with Crippen molar-refractivity contribution in [3.05, 3.63) is 102 Å². The quantitative estimate of drug-likeness (QED) is 0.705. The van der Waals surface area contributed by atoms with Gasteiger partial charge in [0.1, 0.15) is 11.3 Å². The Morgan fingerprint density at radius 1 is 0.786 bits per heavy atom. The summed E-state index contributed by atoms with van der Waals surface area (Å²) in [5, 5.41) is 20.3. The van der Waals surface area contributed by atoms with Crippen LogP contribution >= 0.6 is 0 Å². The number of benzene rings is 3. The van der Waals surface area contributed by atoms with Crippen molar-refractivity contribution in [3.63, 3.8) is 0 Å². The Labute approximate surface area is 162 Å². The fraction of sp³-hybridized carbons (Fsp3) is 0.0833. The molecule has 0 spiro atoms. The Morgan fingerprint density at radius 3 is 2.04 bits per heavy atom. The molecular weight excluding hydrogens is 352 g/mol. The number of carboxylic acids is 2. The average Bonchev–Trinajstić information content (AvgIpc) is 2.73. The molecule has 0 aromatic heterocycles. The molecule has 4 nitrogen and oxygen atoms in total. The van der Waals surface area contributed by atoms with Crippen molar-refractivity contribution >= 4 is 18.0 Å². The van der Waals surface area contributed by atoms with Gasteiger partial charge in [0, 0.05) is 0 Å². The Hall–Kier alpha value is -3.66. The minimum atomic E-state index is -1.67. The third kappa shape index (κ3) is 2.70. The van der Waals surface area contributed by atoms with Gasteiger partial charge in [0.15, 0.2) is 0 Å². The SMILES string of the molecule is O=C(O)C1c2cc(-c3ccccc3)ccc2C=CC1(C(=O)O)c1ccccc1. The van der Waals surface area contributed by atoms with Crippen molar-refractivity contribution in [1.82, 2.24) is 0 Å². The van der Waals surface area contributed by atoms with Crippen molar-refractivity contribution < 1.29 is 19.8 Å². The van der Waals surface area contributed by atoms with Gasteiger partial charge in [-0.15, -0.1) is 0 Å². The van der Waals surface area contributed by atoms with E-state index in [0.717, 1.165) is 16.7 Å². The number of rotatable bonds is 4. The maximum atomic E-state index is 12.4. The van der Waals surface area contributed by atoms with E-state index in [1.807, 2.05) is 42.5 Å². The zero-order chi connectivity index (χ0) is 19.7. The smallest absolute Gasteiger partial charge is 0.319 e. The number of aliphatic carboxylic acids is 2. The molecule has 0 bridgehead atoms. The van der Waals surface area contributed by atoms with Crippen LogP contribution in [0, 0.1) is 0 Å². The zero-order valence-electron chi connectivity index (χ0n) is 14.9. The van der Waals surface area contributed by atoms with Gasteiger partial charge in [-0.1, -0.05) is 84.9 Å². The zero-order valence-corrected chi connectivity index (χ0v) is 14.9. The second kappa shape index (κ2) is 6.82. The lowest BCUT2D eigenvalue weighted by atomic mass is 9.63. The number of hydrogen-bond donors (Lipinski definition) is 2. The minimum Gasteiger partial charge on any atom is -0.481 e. The van der Waals surface area contributed by atoms with Crippen LogP contribution in [0.3, 0.4) is 0 Å². The molecule has 0 fully saturated rings. The van der Waals surface area contributed by atoms with E-state index in [1.165, 1.54) is 6.08 Å². The number of fused-ring (bicyclic) bond motifs is 1. The molecule has 28 heavy (non-hydrogen) atoms. The van der Waals surface area contributed by atoms with Crippen LogP contribution < -0.4 is 0 Å². The van der Waals surface area contributed by atoms with E-state index >= 15 is 0 Å². The molecule has 3 aromatic carbocycles. The van der Waals surface area contributed by atoms with E-state index in [-0.39, 0.29) is 0 Å². The van der Waals surface area contributed by atoms with Crippen LogP contribution in [0.5, 0.6) is 0 Å². The fourth-order valence-corrected chi connectivity index (χ4v) is 3.97. The fourth-order valence-electron chi connectivity index (χ4n) is 3.97. The van der Waals surface area contributed by atoms with Gasteiger partial charge in [-0.2, -0.15) is 0 Å². The summed E-state index contributed by atoms with van der Waals surface area (Å²) in [6.07, 6.45) is 3.22. The van der Waals surface area contributed by atoms with E-state index in [2.05, 4.69) is 0 Å². The highest BCUT2D eigenvalue weighted by Gasteiger charge is 2.52. The summed E-state index contributed by atoms with van der Waals surface area (Å²) in [5.74, 6) is -3.59. The van der Waals surface area contributed by atoms with E-state index in [0.29, 0.717) is 11.1 Å². The summed E-state index contributed by atoms with van der Waals surface area (Å²) in [5.41, 5.74) is 1.80. The highest BCUT2D eigenvalue weighted by atomic mass is 16.4. The van der Waals surface area contributed by atoms with Crippen molar-refractivity contribution in [1.29, 1.82) is 0 Å². The lowest BCUT2D eigenvalue weighted by Crippen LogP contribution is -2.45.